The number of hydrogen-bond acceptors (Lipinski definition) is 5. The zero-order valence-corrected chi connectivity index (χ0v) is 9.63. The maximum Gasteiger partial charge on any atom is 0.347 e. The van der Waals surface area contributed by atoms with Crippen LogP contribution in [-0.2, 0) is 14.3 Å². The molecule has 0 aromatic rings. The van der Waals surface area contributed by atoms with Gasteiger partial charge in [-0.1, -0.05) is 29.6 Å². The lowest BCUT2D eigenvalue weighted by Crippen LogP contribution is -2.35. The number of alkyl halides is 2. The quantitative estimate of drug-likeness (QED) is 0.309. The summed E-state index contributed by atoms with van der Waals surface area (Å²) in [5.74, 6) is -1.82. The highest BCUT2D eigenvalue weighted by Crippen LogP contribution is 2.06. The number of esters is 2. The zero-order valence-electron chi connectivity index (χ0n) is 8.12. The first-order chi connectivity index (χ1) is 6.99. The van der Waals surface area contributed by atoms with Crippen molar-refractivity contribution in [2.75, 3.05) is 6.54 Å². The molecule has 0 fully saturated rings. The lowest BCUT2D eigenvalue weighted by atomic mass is 10.1. The maximum absolute atomic E-state index is 11.1. The van der Waals surface area contributed by atoms with E-state index in [1.54, 1.807) is 0 Å². The maximum atomic E-state index is 11.1. The van der Waals surface area contributed by atoms with Gasteiger partial charge in [0.15, 0.2) is 0 Å². The van der Waals surface area contributed by atoms with Crippen LogP contribution in [0.3, 0.4) is 0 Å². The van der Waals surface area contributed by atoms with Crippen molar-refractivity contribution >= 4 is 35.1 Å². The van der Waals surface area contributed by atoms with E-state index in [0.29, 0.717) is 19.4 Å². The second-order valence-corrected chi connectivity index (χ2v) is 4.03. The standard InChI is InChI=1S/C8H14Cl2N2O3/c9-6(10)8(14)15-7(13)5(12)3-1-2-4-11/h5-6H,1-4,11-12H2/t5-/m0/s1. The number of nitrogens with two attached hydrogens (primary N) is 2. The van der Waals surface area contributed by atoms with Gasteiger partial charge in [-0.25, -0.2) is 9.59 Å². The van der Waals surface area contributed by atoms with Crippen molar-refractivity contribution in [1.29, 1.82) is 0 Å². The molecule has 0 bridgehead atoms. The van der Waals surface area contributed by atoms with Gasteiger partial charge < -0.3 is 16.2 Å². The summed E-state index contributed by atoms with van der Waals surface area (Å²) in [5.41, 5.74) is 10.7. The van der Waals surface area contributed by atoms with Crippen molar-refractivity contribution in [2.24, 2.45) is 11.5 Å². The monoisotopic (exact) mass is 256 g/mol. The Hall–Kier alpha value is -0.360. The van der Waals surface area contributed by atoms with Crippen LogP contribution in [0.2, 0.25) is 0 Å². The molecule has 0 radical (unpaired) electrons. The van der Waals surface area contributed by atoms with Crippen LogP contribution in [0, 0.1) is 0 Å². The lowest BCUT2D eigenvalue weighted by Gasteiger charge is -2.09. The van der Waals surface area contributed by atoms with Crippen LogP contribution in [0.1, 0.15) is 19.3 Å². The van der Waals surface area contributed by atoms with Gasteiger partial charge in [0.05, 0.1) is 0 Å². The fourth-order valence-corrected chi connectivity index (χ4v) is 0.935. The van der Waals surface area contributed by atoms with E-state index in [1.165, 1.54) is 0 Å². The van der Waals surface area contributed by atoms with Crippen molar-refractivity contribution in [1.82, 2.24) is 0 Å². The summed E-state index contributed by atoms with van der Waals surface area (Å²) in [6, 6.07) is -0.840. The minimum absolute atomic E-state index is 0.415. The molecule has 0 aromatic carbocycles. The first kappa shape index (κ1) is 14.6. The van der Waals surface area contributed by atoms with Crippen LogP contribution in [0.25, 0.3) is 0 Å². The van der Waals surface area contributed by atoms with Crippen LogP contribution >= 0.6 is 23.2 Å². The van der Waals surface area contributed by atoms with Crippen molar-refractivity contribution < 1.29 is 14.3 Å². The van der Waals surface area contributed by atoms with Crippen LogP contribution in [-0.4, -0.2) is 29.4 Å². The van der Waals surface area contributed by atoms with E-state index in [9.17, 15) is 9.59 Å². The molecular formula is C8H14Cl2N2O3. The Morgan fingerprint density at radius 3 is 2.27 bits per heavy atom. The summed E-state index contributed by atoms with van der Waals surface area (Å²) in [6.07, 6.45) is 1.88. The number of carbonyl (C=O) groups is 2. The Labute approximate surface area is 98.0 Å². The molecule has 0 aromatic heterocycles. The van der Waals surface area contributed by atoms with Crippen molar-refractivity contribution in [3.63, 3.8) is 0 Å². The molecule has 0 aliphatic rings. The fraction of sp³-hybridized carbons (Fsp3) is 0.750. The van der Waals surface area contributed by atoms with Crippen molar-refractivity contribution in [3.8, 4) is 0 Å². The molecule has 5 nitrogen and oxygen atoms in total. The van der Waals surface area contributed by atoms with Crippen molar-refractivity contribution in [3.05, 3.63) is 0 Å². The Morgan fingerprint density at radius 2 is 1.80 bits per heavy atom. The third-order valence-corrected chi connectivity index (χ3v) is 2.01. The van der Waals surface area contributed by atoms with Gasteiger partial charge in [0.2, 0.25) is 4.84 Å². The molecule has 0 unspecified atom stereocenters. The summed E-state index contributed by atoms with van der Waals surface area (Å²) >= 11 is 10.4. The van der Waals surface area contributed by atoms with Gasteiger partial charge in [0, 0.05) is 0 Å². The van der Waals surface area contributed by atoms with Gasteiger partial charge in [0.25, 0.3) is 0 Å². The number of unbranched alkanes of at least 4 members (excludes halogenated alkanes) is 1. The number of rotatable bonds is 6. The highest BCUT2D eigenvalue weighted by Gasteiger charge is 2.22. The van der Waals surface area contributed by atoms with Gasteiger partial charge in [-0.2, -0.15) is 0 Å². The smallest absolute Gasteiger partial charge is 0.347 e. The topological polar surface area (TPSA) is 95.4 Å². The van der Waals surface area contributed by atoms with Gasteiger partial charge in [-0.05, 0) is 19.4 Å². The number of ether oxygens (including phenoxy) is 1. The minimum Gasteiger partial charge on any atom is -0.390 e. The first-order valence-corrected chi connectivity index (χ1v) is 5.35. The van der Waals surface area contributed by atoms with Gasteiger partial charge in [-0.15, -0.1) is 0 Å². The largest absolute Gasteiger partial charge is 0.390 e. The molecule has 15 heavy (non-hydrogen) atoms. The molecule has 7 heteroatoms. The predicted octanol–water partition coefficient (Wildman–Crippen LogP) is 0.316. The summed E-state index contributed by atoms with van der Waals surface area (Å²) in [6.45, 7) is 0.534. The summed E-state index contributed by atoms with van der Waals surface area (Å²) in [7, 11) is 0. The van der Waals surface area contributed by atoms with E-state index >= 15 is 0 Å². The van der Waals surface area contributed by atoms with E-state index in [4.69, 9.17) is 34.7 Å². The highest BCUT2D eigenvalue weighted by molar-refractivity contribution is 6.53. The third kappa shape index (κ3) is 6.67. The normalized spacial score (nSPS) is 12.6. The molecule has 1 atom stereocenters. The number of carbonyl (C=O) groups excluding carboxylic acids is 2. The SMILES string of the molecule is NCCCC[C@H](N)C(=O)OC(=O)C(Cl)Cl. The first-order valence-electron chi connectivity index (χ1n) is 4.48. The Bertz CT molecular complexity index is 224. The van der Waals surface area contributed by atoms with E-state index in [-0.39, 0.29) is 0 Å². The predicted molar refractivity (Wildman–Crippen MR) is 57.5 cm³/mol. The molecule has 0 aliphatic carbocycles. The Kier molecular flexibility index (Phi) is 7.68. The summed E-state index contributed by atoms with van der Waals surface area (Å²) in [4.78, 5) is 20.6. The second kappa shape index (κ2) is 7.87. The number of hydrogen-bond donors (Lipinski definition) is 2. The molecular weight excluding hydrogens is 243 g/mol. The van der Waals surface area contributed by atoms with Gasteiger partial charge in [-0.3, -0.25) is 0 Å². The van der Waals surface area contributed by atoms with Gasteiger partial charge >= 0.3 is 11.9 Å². The Morgan fingerprint density at radius 1 is 1.20 bits per heavy atom. The van der Waals surface area contributed by atoms with Crippen LogP contribution in [0.5, 0.6) is 0 Å². The third-order valence-electron chi connectivity index (χ3n) is 1.65. The highest BCUT2D eigenvalue weighted by atomic mass is 35.5. The molecule has 0 rings (SSSR count). The Balaban J connectivity index is 3.83. The minimum atomic E-state index is -1.37. The average molecular weight is 257 g/mol. The van der Waals surface area contributed by atoms with E-state index in [0.717, 1.165) is 6.42 Å². The van der Waals surface area contributed by atoms with Crippen molar-refractivity contribution in [2.45, 2.75) is 30.1 Å². The molecule has 4 N–H and O–H groups in total. The van der Waals surface area contributed by atoms with Gasteiger partial charge in [0.1, 0.15) is 6.04 Å². The lowest BCUT2D eigenvalue weighted by molar-refractivity contribution is -0.159. The number of halogens is 2. The van der Waals surface area contributed by atoms with E-state index in [2.05, 4.69) is 4.74 Å². The average Bonchev–Trinajstić information content (AvgIpc) is 2.17. The second-order valence-electron chi connectivity index (χ2n) is 2.93. The van der Waals surface area contributed by atoms with E-state index in [1.807, 2.05) is 0 Å². The molecule has 0 saturated carbocycles. The van der Waals surface area contributed by atoms with E-state index < -0.39 is 22.8 Å². The molecule has 0 spiro atoms. The molecule has 0 saturated heterocycles. The zero-order chi connectivity index (χ0) is 11.8. The molecule has 0 amide bonds. The summed E-state index contributed by atoms with van der Waals surface area (Å²) in [5, 5.41) is 0. The van der Waals surface area contributed by atoms with Crippen LogP contribution in [0.15, 0.2) is 0 Å². The summed E-state index contributed by atoms with van der Waals surface area (Å²) < 4.78 is 4.31. The fourth-order valence-electron chi connectivity index (χ4n) is 0.846. The molecule has 0 heterocycles. The molecule has 0 aliphatic heterocycles. The van der Waals surface area contributed by atoms with Crippen LogP contribution < -0.4 is 11.5 Å². The van der Waals surface area contributed by atoms with Crippen LogP contribution in [0.4, 0.5) is 0 Å². The molecule has 88 valence electrons.